The molecule has 0 aliphatic carbocycles. The molecule has 0 aromatic heterocycles. The van der Waals surface area contributed by atoms with E-state index >= 15 is 0 Å². The number of benzene rings is 1. The predicted octanol–water partition coefficient (Wildman–Crippen LogP) is 1.56. The van der Waals surface area contributed by atoms with Gasteiger partial charge >= 0.3 is 5.97 Å². The number of unbranched alkanes of at least 4 members (excludes halogenated alkanes) is 1. The number of aliphatic carboxylic acids is 1. The van der Waals surface area contributed by atoms with E-state index in [0.717, 1.165) is 19.3 Å². The molecule has 0 heterocycles. The van der Waals surface area contributed by atoms with Gasteiger partial charge in [-0.25, -0.2) is 0 Å². The van der Waals surface area contributed by atoms with Gasteiger partial charge in [0.2, 0.25) is 0 Å². The van der Waals surface area contributed by atoms with Crippen LogP contribution in [0.5, 0.6) is 0 Å². The van der Waals surface area contributed by atoms with Gasteiger partial charge in [0.15, 0.2) is 0 Å². The largest absolute Gasteiger partial charge is 0.480 e. The molecule has 100 valence electrons. The Morgan fingerprint density at radius 2 is 1.94 bits per heavy atom. The quantitative estimate of drug-likeness (QED) is 0.642. The van der Waals surface area contributed by atoms with Crippen LogP contribution < -0.4 is 5.73 Å². The predicted molar refractivity (Wildman–Crippen MR) is 70.2 cm³/mol. The summed E-state index contributed by atoms with van der Waals surface area (Å²) in [7, 11) is 0. The number of aryl methyl sites for hydroxylation is 1. The van der Waals surface area contributed by atoms with Gasteiger partial charge in [0.05, 0.1) is 6.10 Å². The maximum atomic E-state index is 10.8. The molecule has 2 atom stereocenters. The molecule has 4 heteroatoms. The Hall–Kier alpha value is -1.39. The van der Waals surface area contributed by atoms with E-state index in [9.17, 15) is 9.90 Å². The van der Waals surface area contributed by atoms with E-state index in [2.05, 4.69) is 12.1 Å². The highest BCUT2D eigenvalue weighted by molar-refractivity contribution is 5.78. The zero-order chi connectivity index (χ0) is 13.6. The lowest BCUT2D eigenvalue weighted by Crippen LogP contribution is -2.54. The highest BCUT2D eigenvalue weighted by Gasteiger charge is 2.35. The number of carbonyl (C=O) groups is 1. The van der Waals surface area contributed by atoms with Crippen molar-refractivity contribution in [2.75, 3.05) is 0 Å². The molecule has 0 spiro atoms. The summed E-state index contributed by atoms with van der Waals surface area (Å²) >= 11 is 0. The summed E-state index contributed by atoms with van der Waals surface area (Å²) in [5.41, 5.74) is 5.23. The fraction of sp³-hybridized carbons (Fsp3) is 0.500. The summed E-state index contributed by atoms with van der Waals surface area (Å²) in [6.07, 6.45) is 2.01. The second kappa shape index (κ2) is 6.52. The molecule has 0 radical (unpaired) electrons. The molecule has 0 saturated carbocycles. The van der Waals surface area contributed by atoms with Gasteiger partial charge < -0.3 is 15.9 Å². The van der Waals surface area contributed by atoms with Crippen LogP contribution >= 0.6 is 0 Å². The Bertz CT molecular complexity index is 376. The van der Waals surface area contributed by atoms with Gasteiger partial charge in [-0.05, 0) is 31.7 Å². The van der Waals surface area contributed by atoms with Crippen LogP contribution in [0.2, 0.25) is 0 Å². The van der Waals surface area contributed by atoms with Crippen molar-refractivity contribution in [1.29, 1.82) is 0 Å². The molecule has 0 fully saturated rings. The smallest absolute Gasteiger partial charge is 0.326 e. The molecular weight excluding hydrogens is 230 g/mol. The summed E-state index contributed by atoms with van der Waals surface area (Å²) in [4.78, 5) is 10.8. The lowest BCUT2D eigenvalue weighted by Gasteiger charge is -2.25. The monoisotopic (exact) mass is 251 g/mol. The topological polar surface area (TPSA) is 83.6 Å². The third-order valence-electron chi connectivity index (χ3n) is 3.19. The average molecular weight is 251 g/mol. The second-order valence-electron chi connectivity index (χ2n) is 4.84. The Morgan fingerprint density at radius 3 is 2.50 bits per heavy atom. The van der Waals surface area contributed by atoms with Crippen molar-refractivity contribution in [3.63, 3.8) is 0 Å². The molecule has 1 rings (SSSR count). The molecule has 4 N–H and O–H groups in total. The van der Waals surface area contributed by atoms with Crippen molar-refractivity contribution in [2.24, 2.45) is 5.73 Å². The Labute approximate surface area is 107 Å². The Morgan fingerprint density at radius 1 is 1.33 bits per heavy atom. The van der Waals surface area contributed by atoms with Gasteiger partial charge in [0.1, 0.15) is 5.54 Å². The van der Waals surface area contributed by atoms with Crippen molar-refractivity contribution >= 4 is 5.97 Å². The van der Waals surface area contributed by atoms with E-state index in [4.69, 9.17) is 10.8 Å². The molecule has 0 aliphatic heterocycles. The maximum Gasteiger partial charge on any atom is 0.326 e. The highest BCUT2D eigenvalue weighted by atomic mass is 16.4. The molecule has 18 heavy (non-hydrogen) atoms. The van der Waals surface area contributed by atoms with Crippen molar-refractivity contribution in [3.8, 4) is 0 Å². The molecule has 1 unspecified atom stereocenters. The van der Waals surface area contributed by atoms with Crippen LogP contribution in [0.3, 0.4) is 0 Å². The van der Waals surface area contributed by atoms with Gasteiger partial charge in [0.25, 0.3) is 0 Å². The van der Waals surface area contributed by atoms with E-state index in [-0.39, 0.29) is 0 Å². The first-order valence-electron chi connectivity index (χ1n) is 6.19. The third kappa shape index (κ3) is 4.13. The third-order valence-corrected chi connectivity index (χ3v) is 3.19. The Kier molecular flexibility index (Phi) is 5.31. The molecule has 1 aromatic rings. The van der Waals surface area contributed by atoms with Gasteiger partial charge in [-0.3, -0.25) is 4.79 Å². The van der Waals surface area contributed by atoms with Crippen LogP contribution in [0, 0.1) is 0 Å². The first-order chi connectivity index (χ1) is 8.44. The summed E-state index contributed by atoms with van der Waals surface area (Å²) in [6.45, 7) is 1.34. The highest BCUT2D eigenvalue weighted by Crippen LogP contribution is 2.15. The number of carboxylic acids is 1. The number of nitrogens with two attached hydrogens (primary N) is 1. The van der Waals surface area contributed by atoms with Gasteiger partial charge in [-0.15, -0.1) is 0 Å². The van der Waals surface area contributed by atoms with E-state index in [0.29, 0.717) is 6.42 Å². The number of carboxylic acid groups (broad SMARTS) is 1. The summed E-state index contributed by atoms with van der Waals surface area (Å²) in [5.74, 6) is -1.17. The minimum atomic E-state index is -1.56. The first-order valence-corrected chi connectivity index (χ1v) is 6.19. The van der Waals surface area contributed by atoms with Crippen molar-refractivity contribution < 1.29 is 15.0 Å². The number of aliphatic hydroxyl groups excluding tert-OH is 1. The van der Waals surface area contributed by atoms with E-state index in [1.807, 2.05) is 18.2 Å². The molecule has 1 aromatic carbocycles. The molecule has 0 amide bonds. The molecule has 4 nitrogen and oxygen atoms in total. The van der Waals surface area contributed by atoms with E-state index in [1.54, 1.807) is 0 Å². The normalized spacial score (nSPS) is 15.9. The number of rotatable bonds is 7. The van der Waals surface area contributed by atoms with Crippen molar-refractivity contribution in [3.05, 3.63) is 35.9 Å². The van der Waals surface area contributed by atoms with Crippen LogP contribution in [0.4, 0.5) is 0 Å². The van der Waals surface area contributed by atoms with Crippen LogP contribution in [0.25, 0.3) is 0 Å². The lowest BCUT2D eigenvalue weighted by atomic mass is 9.91. The van der Waals surface area contributed by atoms with Crippen molar-refractivity contribution in [1.82, 2.24) is 0 Å². The van der Waals surface area contributed by atoms with Crippen LogP contribution in [0.1, 0.15) is 31.7 Å². The van der Waals surface area contributed by atoms with Crippen LogP contribution in [0.15, 0.2) is 30.3 Å². The number of aliphatic hydroxyl groups is 1. The minimum Gasteiger partial charge on any atom is -0.480 e. The minimum absolute atomic E-state index is 0.409. The van der Waals surface area contributed by atoms with Crippen LogP contribution in [-0.4, -0.2) is 27.8 Å². The molecule has 0 aliphatic rings. The van der Waals surface area contributed by atoms with Crippen molar-refractivity contribution in [2.45, 2.75) is 44.2 Å². The standard InChI is InChI=1S/C14H21NO3/c1-14(15,13(17)18)12(16)10-6-5-9-11-7-3-2-4-8-11/h2-4,7-8,12,16H,5-6,9-10,15H2,1H3,(H,17,18)/t12?,14-/m0/s1. The van der Waals surface area contributed by atoms with E-state index < -0.39 is 17.6 Å². The van der Waals surface area contributed by atoms with E-state index in [1.165, 1.54) is 12.5 Å². The maximum absolute atomic E-state index is 10.8. The zero-order valence-electron chi connectivity index (χ0n) is 10.7. The summed E-state index contributed by atoms with van der Waals surface area (Å²) < 4.78 is 0. The second-order valence-corrected chi connectivity index (χ2v) is 4.84. The molecule has 0 saturated heterocycles. The first kappa shape index (κ1) is 14.7. The van der Waals surface area contributed by atoms with Gasteiger partial charge in [-0.2, -0.15) is 0 Å². The average Bonchev–Trinajstić information content (AvgIpc) is 2.35. The fourth-order valence-corrected chi connectivity index (χ4v) is 1.75. The SMILES string of the molecule is C[C@@](N)(C(=O)O)C(O)CCCCc1ccccc1. The lowest BCUT2D eigenvalue weighted by molar-refractivity contribution is -0.147. The summed E-state index contributed by atoms with van der Waals surface area (Å²) in [5, 5.41) is 18.6. The van der Waals surface area contributed by atoms with Gasteiger partial charge in [0, 0.05) is 0 Å². The van der Waals surface area contributed by atoms with Gasteiger partial charge in [-0.1, -0.05) is 36.8 Å². The molecule has 0 bridgehead atoms. The zero-order valence-corrected chi connectivity index (χ0v) is 10.7. The Balaban J connectivity index is 2.28. The van der Waals surface area contributed by atoms with Crippen LogP contribution in [-0.2, 0) is 11.2 Å². The summed E-state index contributed by atoms with van der Waals surface area (Å²) in [6, 6.07) is 10.1. The molecular formula is C14H21NO3. The fourth-order valence-electron chi connectivity index (χ4n) is 1.75. The number of hydrogen-bond donors (Lipinski definition) is 3. The number of hydrogen-bond acceptors (Lipinski definition) is 3.